The third-order valence-corrected chi connectivity index (χ3v) is 2.67. The minimum absolute atomic E-state index is 0.156. The Morgan fingerprint density at radius 2 is 2.05 bits per heavy atom. The summed E-state index contributed by atoms with van der Waals surface area (Å²) in [6.45, 7) is 1.80. The van der Waals surface area contributed by atoms with Crippen molar-refractivity contribution in [1.82, 2.24) is 4.98 Å². The van der Waals surface area contributed by atoms with Crippen LogP contribution in [0.4, 0.5) is 5.82 Å². The second-order valence-corrected chi connectivity index (χ2v) is 4.19. The zero-order chi connectivity index (χ0) is 14.4. The standard InChI is InChI=1S/C12H15ClN2O4/c1-7-4-5-9(13)15-11(7)14-8(12(17)19-3)6-10(16)18-2/h4-5,8H,6H2,1-3H3,(H,14,15)/t8-/m0/s1. The lowest BCUT2D eigenvalue weighted by molar-refractivity contribution is -0.148. The highest BCUT2D eigenvalue weighted by Crippen LogP contribution is 2.17. The van der Waals surface area contributed by atoms with E-state index in [9.17, 15) is 9.59 Å². The van der Waals surface area contributed by atoms with Crippen LogP contribution in [0.1, 0.15) is 12.0 Å². The van der Waals surface area contributed by atoms with Crippen LogP contribution in [-0.2, 0) is 19.1 Å². The van der Waals surface area contributed by atoms with Crippen LogP contribution in [0.25, 0.3) is 0 Å². The Bertz CT molecular complexity index is 479. The summed E-state index contributed by atoms with van der Waals surface area (Å²) in [4.78, 5) is 26.9. The number of nitrogens with one attached hydrogen (secondary N) is 1. The molecule has 1 rings (SSSR count). The zero-order valence-electron chi connectivity index (χ0n) is 10.9. The number of ether oxygens (including phenoxy) is 2. The summed E-state index contributed by atoms with van der Waals surface area (Å²) >= 11 is 5.79. The lowest BCUT2D eigenvalue weighted by atomic mass is 10.2. The van der Waals surface area contributed by atoms with E-state index in [1.54, 1.807) is 19.1 Å². The van der Waals surface area contributed by atoms with Crippen molar-refractivity contribution in [3.63, 3.8) is 0 Å². The highest BCUT2D eigenvalue weighted by molar-refractivity contribution is 6.29. The molecule has 1 atom stereocenters. The Kier molecular flexibility index (Phi) is 5.57. The first kappa shape index (κ1) is 15.2. The van der Waals surface area contributed by atoms with E-state index < -0.39 is 18.0 Å². The van der Waals surface area contributed by atoms with Crippen molar-refractivity contribution in [3.8, 4) is 0 Å². The highest BCUT2D eigenvalue weighted by atomic mass is 35.5. The molecular weight excluding hydrogens is 272 g/mol. The van der Waals surface area contributed by atoms with Gasteiger partial charge in [-0.05, 0) is 18.6 Å². The van der Waals surface area contributed by atoms with Gasteiger partial charge in [-0.1, -0.05) is 17.7 Å². The number of carbonyl (C=O) groups is 2. The molecule has 0 aliphatic carbocycles. The summed E-state index contributed by atoms with van der Waals surface area (Å²) < 4.78 is 9.16. The van der Waals surface area contributed by atoms with Gasteiger partial charge in [0.2, 0.25) is 0 Å². The van der Waals surface area contributed by atoms with Crippen LogP contribution in [0.3, 0.4) is 0 Å². The van der Waals surface area contributed by atoms with Gasteiger partial charge >= 0.3 is 11.9 Å². The Hall–Kier alpha value is -1.82. The van der Waals surface area contributed by atoms with Crippen molar-refractivity contribution < 1.29 is 19.1 Å². The fourth-order valence-electron chi connectivity index (χ4n) is 1.40. The second-order valence-electron chi connectivity index (χ2n) is 3.80. The van der Waals surface area contributed by atoms with Crippen LogP contribution in [-0.4, -0.2) is 37.2 Å². The quantitative estimate of drug-likeness (QED) is 0.654. The van der Waals surface area contributed by atoms with Gasteiger partial charge in [0, 0.05) is 0 Å². The van der Waals surface area contributed by atoms with Gasteiger partial charge in [-0.2, -0.15) is 0 Å². The van der Waals surface area contributed by atoms with Crippen LogP contribution in [0, 0.1) is 6.92 Å². The number of anilines is 1. The number of esters is 2. The molecule has 1 N–H and O–H groups in total. The van der Waals surface area contributed by atoms with Crippen LogP contribution >= 0.6 is 11.6 Å². The molecule has 0 amide bonds. The maximum Gasteiger partial charge on any atom is 0.328 e. The summed E-state index contributed by atoms with van der Waals surface area (Å²) in [5.41, 5.74) is 0.795. The first-order valence-corrected chi connectivity index (χ1v) is 5.90. The Morgan fingerprint density at radius 1 is 1.37 bits per heavy atom. The number of halogens is 1. The number of pyridine rings is 1. The Morgan fingerprint density at radius 3 is 2.63 bits per heavy atom. The molecule has 7 heteroatoms. The van der Waals surface area contributed by atoms with Crippen LogP contribution < -0.4 is 5.32 Å². The highest BCUT2D eigenvalue weighted by Gasteiger charge is 2.24. The molecule has 0 aliphatic heterocycles. The smallest absolute Gasteiger partial charge is 0.328 e. The van der Waals surface area contributed by atoms with E-state index in [2.05, 4.69) is 19.8 Å². The van der Waals surface area contributed by atoms with Gasteiger partial charge in [-0.3, -0.25) is 4.79 Å². The minimum Gasteiger partial charge on any atom is -0.469 e. The van der Waals surface area contributed by atoms with Gasteiger partial charge in [-0.25, -0.2) is 9.78 Å². The van der Waals surface area contributed by atoms with Crippen molar-refractivity contribution in [1.29, 1.82) is 0 Å². The summed E-state index contributed by atoms with van der Waals surface area (Å²) in [5.74, 6) is -0.680. The molecule has 0 aliphatic rings. The van der Waals surface area contributed by atoms with Crippen molar-refractivity contribution in [2.45, 2.75) is 19.4 Å². The predicted molar refractivity (Wildman–Crippen MR) is 70.0 cm³/mol. The van der Waals surface area contributed by atoms with Crippen molar-refractivity contribution in [3.05, 3.63) is 22.8 Å². The summed E-state index contributed by atoms with van der Waals surface area (Å²) in [6.07, 6.45) is -0.156. The molecule has 0 saturated heterocycles. The lowest BCUT2D eigenvalue weighted by Crippen LogP contribution is -2.34. The van der Waals surface area contributed by atoms with E-state index in [4.69, 9.17) is 11.6 Å². The number of aromatic nitrogens is 1. The third-order valence-electron chi connectivity index (χ3n) is 2.46. The fourth-order valence-corrected chi connectivity index (χ4v) is 1.55. The van der Waals surface area contributed by atoms with E-state index in [1.165, 1.54) is 14.2 Å². The van der Waals surface area contributed by atoms with Gasteiger partial charge in [0.1, 0.15) is 17.0 Å². The molecular formula is C12H15ClN2O4. The average Bonchev–Trinajstić information content (AvgIpc) is 2.40. The van der Waals surface area contributed by atoms with Gasteiger partial charge in [0.15, 0.2) is 0 Å². The van der Waals surface area contributed by atoms with Crippen LogP contribution in [0.2, 0.25) is 5.15 Å². The molecule has 1 heterocycles. The molecule has 6 nitrogen and oxygen atoms in total. The van der Waals surface area contributed by atoms with Gasteiger partial charge in [0.25, 0.3) is 0 Å². The van der Waals surface area contributed by atoms with Gasteiger partial charge in [-0.15, -0.1) is 0 Å². The fraction of sp³-hybridized carbons (Fsp3) is 0.417. The lowest BCUT2D eigenvalue weighted by Gasteiger charge is -2.17. The van der Waals surface area contributed by atoms with Crippen LogP contribution in [0.15, 0.2) is 12.1 Å². The Balaban J connectivity index is 2.90. The number of rotatable bonds is 5. The molecule has 0 bridgehead atoms. The first-order chi connectivity index (χ1) is 8.97. The molecule has 104 valence electrons. The maximum absolute atomic E-state index is 11.6. The molecule has 0 unspecified atom stereocenters. The molecule has 0 aromatic carbocycles. The topological polar surface area (TPSA) is 77.5 Å². The van der Waals surface area contributed by atoms with Gasteiger partial charge in [0.05, 0.1) is 20.6 Å². The summed E-state index contributed by atoms with van der Waals surface area (Å²) in [7, 11) is 2.49. The van der Waals surface area contributed by atoms with Crippen molar-refractivity contribution >= 4 is 29.4 Å². The predicted octanol–water partition coefficient (Wildman–Crippen LogP) is 1.56. The minimum atomic E-state index is -0.873. The molecule has 1 aromatic heterocycles. The molecule has 0 saturated carbocycles. The molecule has 0 radical (unpaired) electrons. The van der Waals surface area contributed by atoms with Gasteiger partial charge < -0.3 is 14.8 Å². The number of carbonyl (C=O) groups excluding carboxylic acids is 2. The largest absolute Gasteiger partial charge is 0.469 e. The van der Waals surface area contributed by atoms with Crippen molar-refractivity contribution in [2.75, 3.05) is 19.5 Å². The first-order valence-electron chi connectivity index (χ1n) is 5.52. The summed E-state index contributed by atoms with van der Waals surface area (Å²) in [6, 6.07) is 2.52. The number of hydrogen-bond acceptors (Lipinski definition) is 6. The van der Waals surface area contributed by atoms with E-state index in [-0.39, 0.29) is 11.6 Å². The monoisotopic (exact) mass is 286 g/mol. The molecule has 0 fully saturated rings. The molecule has 19 heavy (non-hydrogen) atoms. The van der Waals surface area contributed by atoms with Crippen LogP contribution in [0.5, 0.6) is 0 Å². The molecule has 1 aromatic rings. The second kappa shape index (κ2) is 6.94. The van der Waals surface area contributed by atoms with Crippen molar-refractivity contribution in [2.24, 2.45) is 0 Å². The normalized spacial score (nSPS) is 11.6. The molecule has 0 spiro atoms. The maximum atomic E-state index is 11.6. The van der Waals surface area contributed by atoms with E-state index in [1.807, 2.05) is 0 Å². The van der Waals surface area contributed by atoms with E-state index >= 15 is 0 Å². The van der Waals surface area contributed by atoms with E-state index in [0.717, 1.165) is 5.56 Å². The Labute approximate surface area is 116 Å². The number of methoxy groups -OCH3 is 2. The zero-order valence-corrected chi connectivity index (χ0v) is 11.7. The summed E-state index contributed by atoms with van der Waals surface area (Å²) in [5, 5.41) is 3.12. The average molecular weight is 287 g/mol. The third kappa shape index (κ3) is 4.40. The number of aryl methyl sites for hydroxylation is 1. The van der Waals surface area contributed by atoms with E-state index in [0.29, 0.717) is 5.82 Å². The SMILES string of the molecule is COC(=O)C[C@H](Nc1nc(Cl)ccc1C)C(=O)OC. The number of nitrogens with zero attached hydrogens (tertiary/aromatic N) is 1. The number of hydrogen-bond donors (Lipinski definition) is 1.